The van der Waals surface area contributed by atoms with Gasteiger partial charge in [0.05, 0.1) is 11.7 Å². The molecule has 1 fully saturated rings. The van der Waals surface area contributed by atoms with E-state index in [1.165, 1.54) is 6.07 Å². The van der Waals surface area contributed by atoms with Crippen LogP contribution in [0.15, 0.2) is 42.5 Å². The van der Waals surface area contributed by atoms with Crippen molar-refractivity contribution in [1.29, 1.82) is 0 Å². The van der Waals surface area contributed by atoms with E-state index >= 15 is 0 Å². The van der Waals surface area contributed by atoms with Gasteiger partial charge in [-0.05, 0) is 54.9 Å². The molecule has 6 heteroatoms. The molecule has 1 N–H and O–H groups in total. The van der Waals surface area contributed by atoms with Crippen LogP contribution in [-0.4, -0.2) is 29.8 Å². The number of halogens is 1. The first-order valence-corrected chi connectivity index (χ1v) is 8.85. The molecule has 0 aliphatic carbocycles. The Kier molecular flexibility index (Phi) is 4.44. The van der Waals surface area contributed by atoms with Crippen LogP contribution in [0, 0.1) is 5.82 Å². The topological polar surface area (TPSA) is 33.7 Å². The van der Waals surface area contributed by atoms with Crippen LogP contribution in [0.4, 0.5) is 10.1 Å². The number of hydrogen-bond acceptors (Lipinski definition) is 3. The first-order chi connectivity index (χ1) is 12.2. The third kappa shape index (κ3) is 3.26. The number of anilines is 1. The fourth-order valence-corrected chi connectivity index (χ4v) is 3.70. The van der Waals surface area contributed by atoms with Crippen LogP contribution in [0.25, 0.3) is 0 Å². The van der Waals surface area contributed by atoms with Gasteiger partial charge in [-0.3, -0.25) is 0 Å². The lowest BCUT2D eigenvalue weighted by molar-refractivity contribution is 0.171. The molecule has 0 spiro atoms. The van der Waals surface area contributed by atoms with Crippen molar-refractivity contribution in [2.45, 2.75) is 18.9 Å². The Labute approximate surface area is 151 Å². The van der Waals surface area contributed by atoms with Crippen LogP contribution in [0.1, 0.15) is 24.4 Å². The highest BCUT2D eigenvalue weighted by atomic mass is 32.1. The minimum Gasteiger partial charge on any atom is -0.486 e. The molecule has 2 aliphatic heterocycles. The van der Waals surface area contributed by atoms with Crippen molar-refractivity contribution >= 4 is 23.0 Å². The summed E-state index contributed by atoms with van der Waals surface area (Å²) in [6.07, 6.45) is 2.04. The van der Waals surface area contributed by atoms with Crippen molar-refractivity contribution in [3.05, 3.63) is 53.8 Å². The maximum Gasteiger partial charge on any atom is 0.174 e. The van der Waals surface area contributed by atoms with E-state index in [4.69, 9.17) is 21.7 Å². The SMILES string of the molecule is Fc1ccccc1NC(=S)N1CCC[C@H]1c1ccc2c(c1)OCCO2. The molecule has 0 unspecified atom stereocenters. The van der Waals surface area contributed by atoms with Gasteiger partial charge in [0.1, 0.15) is 19.0 Å². The summed E-state index contributed by atoms with van der Waals surface area (Å²) < 4.78 is 25.2. The third-order valence-corrected chi connectivity index (χ3v) is 4.92. The maximum absolute atomic E-state index is 13.9. The highest BCUT2D eigenvalue weighted by Crippen LogP contribution is 2.38. The van der Waals surface area contributed by atoms with Gasteiger partial charge in [-0.2, -0.15) is 0 Å². The Morgan fingerprint density at radius 3 is 2.76 bits per heavy atom. The lowest BCUT2D eigenvalue weighted by Gasteiger charge is -2.29. The Hall–Kier alpha value is -2.34. The molecular formula is C19H19FN2O2S. The first kappa shape index (κ1) is 16.1. The van der Waals surface area contributed by atoms with Gasteiger partial charge < -0.3 is 19.7 Å². The Morgan fingerprint density at radius 1 is 1.12 bits per heavy atom. The summed E-state index contributed by atoms with van der Waals surface area (Å²) in [6, 6.07) is 12.8. The standard InChI is InChI=1S/C19H19FN2O2S/c20-14-4-1-2-5-15(14)21-19(25)22-9-3-6-16(22)13-7-8-17-18(12-13)24-11-10-23-17/h1-2,4-5,7-8,12,16H,3,6,9-11H2,(H,21,25)/t16-/m0/s1. The largest absolute Gasteiger partial charge is 0.486 e. The number of nitrogens with one attached hydrogen (secondary N) is 1. The quantitative estimate of drug-likeness (QED) is 0.817. The predicted molar refractivity (Wildman–Crippen MR) is 98.7 cm³/mol. The van der Waals surface area contributed by atoms with E-state index in [1.807, 2.05) is 12.1 Å². The molecule has 2 heterocycles. The number of hydrogen-bond donors (Lipinski definition) is 1. The van der Waals surface area contributed by atoms with Crippen LogP contribution in [-0.2, 0) is 0 Å². The molecule has 0 radical (unpaired) electrons. The van der Waals surface area contributed by atoms with Crippen molar-refractivity contribution in [3.8, 4) is 11.5 Å². The zero-order valence-corrected chi connectivity index (χ0v) is 14.5. The summed E-state index contributed by atoms with van der Waals surface area (Å²) in [5.74, 6) is 1.26. The lowest BCUT2D eigenvalue weighted by atomic mass is 10.0. The Balaban J connectivity index is 1.54. The lowest BCUT2D eigenvalue weighted by Crippen LogP contribution is -2.34. The minimum atomic E-state index is -0.306. The summed E-state index contributed by atoms with van der Waals surface area (Å²) in [5.41, 5.74) is 1.54. The van der Waals surface area contributed by atoms with E-state index < -0.39 is 0 Å². The normalized spacial score (nSPS) is 18.9. The predicted octanol–water partition coefficient (Wildman–Crippen LogP) is 4.13. The van der Waals surface area contributed by atoms with Crippen LogP contribution in [0.5, 0.6) is 11.5 Å². The van der Waals surface area contributed by atoms with E-state index in [0.717, 1.165) is 36.4 Å². The zero-order valence-electron chi connectivity index (χ0n) is 13.7. The fourth-order valence-electron chi connectivity index (χ4n) is 3.37. The van der Waals surface area contributed by atoms with E-state index in [0.29, 0.717) is 24.0 Å². The molecule has 25 heavy (non-hydrogen) atoms. The van der Waals surface area contributed by atoms with Crippen molar-refractivity contribution in [2.24, 2.45) is 0 Å². The molecule has 4 nitrogen and oxygen atoms in total. The maximum atomic E-state index is 13.9. The van der Waals surface area contributed by atoms with E-state index in [1.54, 1.807) is 18.2 Å². The number of thiocarbonyl (C=S) groups is 1. The van der Waals surface area contributed by atoms with E-state index in [2.05, 4.69) is 16.3 Å². The summed E-state index contributed by atoms with van der Waals surface area (Å²) >= 11 is 5.55. The molecule has 0 bridgehead atoms. The number of nitrogens with zero attached hydrogens (tertiary/aromatic N) is 1. The second-order valence-electron chi connectivity index (χ2n) is 6.16. The molecule has 1 atom stereocenters. The molecule has 1 saturated heterocycles. The van der Waals surface area contributed by atoms with E-state index in [-0.39, 0.29) is 11.9 Å². The van der Waals surface area contributed by atoms with Crippen molar-refractivity contribution < 1.29 is 13.9 Å². The number of para-hydroxylation sites is 1. The summed E-state index contributed by atoms with van der Waals surface area (Å²) in [4.78, 5) is 2.12. The molecule has 0 aromatic heterocycles. The van der Waals surface area contributed by atoms with Crippen molar-refractivity contribution in [2.75, 3.05) is 25.1 Å². The molecular weight excluding hydrogens is 339 g/mol. The average Bonchev–Trinajstić information content (AvgIpc) is 3.13. The first-order valence-electron chi connectivity index (χ1n) is 8.44. The van der Waals surface area contributed by atoms with Gasteiger partial charge in [-0.15, -0.1) is 0 Å². The monoisotopic (exact) mass is 358 g/mol. The molecule has 2 aromatic rings. The van der Waals surface area contributed by atoms with Crippen LogP contribution < -0.4 is 14.8 Å². The number of benzene rings is 2. The molecule has 130 valence electrons. The molecule has 2 aromatic carbocycles. The third-order valence-electron chi connectivity index (χ3n) is 4.58. The van der Waals surface area contributed by atoms with Crippen LogP contribution in [0.2, 0.25) is 0 Å². The van der Waals surface area contributed by atoms with Gasteiger partial charge >= 0.3 is 0 Å². The van der Waals surface area contributed by atoms with Crippen molar-refractivity contribution in [3.63, 3.8) is 0 Å². The molecule has 0 saturated carbocycles. The number of fused-ring (bicyclic) bond motifs is 1. The summed E-state index contributed by atoms with van der Waals surface area (Å²) in [6.45, 7) is 2.00. The molecule has 4 rings (SSSR count). The Morgan fingerprint density at radius 2 is 1.92 bits per heavy atom. The second kappa shape index (κ2) is 6.88. The van der Waals surface area contributed by atoms with Gasteiger partial charge in [-0.1, -0.05) is 18.2 Å². The average molecular weight is 358 g/mol. The van der Waals surface area contributed by atoms with Gasteiger partial charge in [-0.25, -0.2) is 4.39 Å². The van der Waals surface area contributed by atoms with Gasteiger partial charge in [0.25, 0.3) is 0 Å². The smallest absolute Gasteiger partial charge is 0.174 e. The minimum absolute atomic E-state index is 0.155. The van der Waals surface area contributed by atoms with Crippen LogP contribution in [0.3, 0.4) is 0 Å². The summed E-state index contributed by atoms with van der Waals surface area (Å²) in [5, 5.41) is 3.58. The highest BCUT2D eigenvalue weighted by Gasteiger charge is 2.29. The van der Waals surface area contributed by atoms with E-state index in [9.17, 15) is 4.39 Å². The van der Waals surface area contributed by atoms with Gasteiger partial charge in [0, 0.05) is 6.54 Å². The Bertz CT molecular complexity index is 799. The number of likely N-dealkylation sites (tertiary alicyclic amines) is 1. The highest BCUT2D eigenvalue weighted by molar-refractivity contribution is 7.80. The zero-order chi connectivity index (χ0) is 17.2. The van der Waals surface area contributed by atoms with Gasteiger partial charge in [0.2, 0.25) is 0 Å². The number of ether oxygens (including phenoxy) is 2. The van der Waals surface area contributed by atoms with Crippen molar-refractivity contribution in [1.82, 2.24) is 4.90 Å². The fraction of sp³-hybridized carbons (Fsp3) is 0.316. The second-order valence-corrected chi connectivity index (χ2v) is 6.55. The van der Waals surface area contributed by atoms with Crippen LogP contribution >= 0.6 is 12.2 Å². The molecule has 2 aliphatic rings. The van der Waals surface area contributed by atoms with Gasteiger partial charge in [0.15, 0.2) is 16.6 Å². The number of rotatable bonds is 2. The molecule has 0 amide bonds. The summed E-state index contributed by atoms with van der Waals surface area (Å²) in [7, 11) is 0.